The number of halogens is 1. The van der Waals surface area contributed by atoms with Crippen LogP contribution in [0, 0.1) is 5.92 Å². The molecule has 0 amide bonds. The molecular formula is C13H20ClNO. The third-order valence-corrected chi connectivity index (χ3v) is 2.50. The van der Waals surface area contributed by atoms with Crippen LogP contribution in [0.25, 0.3) is 0 Å². The first-order valence-electron chi connectivity index (χ1n) is 5.76. The van der Waals surface area contributed by atoms with Gasteiger partial charge in [-0.3, -0.25) is 0 Å². The van der Waals surface area contributed by atoms with E-state index in [-0.39, 0.29) is 0 Å². The largest absolute Gasteiger partial charge is 0.492 e. The third kappa shape index (κ3) is 4.03. The lowest BCUT2D eigenvalue weighted by molar-refractivity contribution is 0.335. The standard InChI is InChI=1S/C13H20ClNO/c1-4-16-13-11(6-5-7-12(13)14)9-15-8-10(2)3/h5-7,10,15H,4,8-9H2,1-3H3. The first-order valence-corrected chi connectivity index (χ1v) is 6.13. The molecule has 16 heavy (non-hydrogen) atoms. The highest BCUT2D eigenvalue weighted by atomic mass is 35.5. The van der Waals surface area contributed by atoms with Gasteiger partial charge < -0.3 is 10.1 Å². The normalized spacial score (nSPS) is 10.8. The molecule has 0 aliphatic rings. The van der Waals surface area contributed by atoms with E-state index in [1.165, 1.54) is 0 Å². The molecule has 0 aliphatic carbocycles. The second-order valence-electron chi connectivity index (χ2n) is 4.19. The first-order chi connectivity index (χ1) is 7.65. The molecule has 0 aliphatic heterocycles. The van der Waals surface area contributed by atoms with E-state index in [0.717, 1.165) is 24.4 Å². The molecule has 0 aromatic heterocycles. The Hall–Kier alpha value is -0.730. The summed E-state index contributed by atoms with van der Waals surface area (Å²) < 4.78 is 5.55. The van der Waals surface area contributed by atoms with E-state index >= 15 is 0 Å². The van der Waals surface area contributed by atoms with Gasteiger partial charge in [0.15, 0.2) is 0 Å². The van der Waals surface area contributed by atoms with E-state index in [2.05, 4.69) is 19.2 Å². The summed E-state index contributed by atoms with van der Waals surface area (Å²) in [6.45, 7) is 8.78. The smallest absolute Gasteiger partial charge is 0.142 e. The minimum Gasteiger partial charge on any atom is -0.492 e. The van der Waals surface area contributed by atoms with Crippen molar-refractivity contribution in [2.45, 2.75) is 27.3 Å². The van der Waals surface area contributed by atoms with Crippen molar-refractivity contribution >= 4 is 11.6 Å². The van der Waals surface area contributed by atoms with Crippen LogP contribution in [-0.2, 0) is 6.54 Å². The van der Waals surface area contributed by atoms with E-state index in [1.807, 2.05) is 25.1 Å². The number of benzene rings is 1. The Kier molecular flexibility index (Phi) is 5.64. The molecule has 90 valence electrons. The monoisotopic (exact) mass is 241 g/mol. The number of rotatable bonds is 6. The first kappa shape index (κ1) is 13.3. The third-order valence-electron chi connectivity index (χ3n) is 2.21. The molecule has 0 atom stereocenters. The average molecular weight is 242 g/mol. The van der Waals surface area contributed by atoms with Crippen LogP contribution in [-0.4, -0.2) is 13.2 Å². The maximum absolute atomic E-state index is 6.10. The molecule has 0 radical (unpaired) electrons. The summed E-state index contributed by atoms with van der Waals surface area (Å²) in [5, 5.41) is 4.07. The highest BCUT2D eigenvalue weighted by Crippen LogP contribution is 2.28. The van der Waals surface area contributed by atoms with Gasteiger partial charge in [-0.25, -0.2) is 0 Å². The Bertz CT molecular complexity index is 326. The maximum Gasteiger partial charge on any atom is 0.142 e. The average Bonchev–Trinajstić information content (AvgIpc) is 2.22. The summed E-state index contributed by atoms with van der Waals surface area (Å²) in [4.78, 5) is 0. The fourth-order valence-corrected chi connectivity index (χ4v) is 1.74. The fourth-order valence-electron chi connectivity index (χ4n) is 1.49. The Labute approximate surface area is 103 Å². The number of ether oxygens (including phenoxy) is 1. The summed E-state index contributed by atoms with van der Waals surface area (Å²) in [5.41, 5.74) is 1.12. The van der Waals surface area contributed by atoms with Crippen LogP contribution >= 0.6 is 11.6 Å². The molecule has 1 aromatic rings. The molecule has 0 unspecified atom stereocenters. The lowest BCUT2D eigenvalue weighted by Gasteiger charge is -2.13. The molecule has 1 rings (SSSR count). The Morgan fingerprint density at radius 3 is 2.75 bits per heavy atom. The number of nitrogens with one attached hydrogen (secondary N) is 1. The zero-order valence-corrected chi connectivity index (χ0v) is 11.0. The predicted octanol–water partition coefficient (Wildman–Crippen LogP) is 3.48. The van der Waals surface area contributed by atoms with Crippen molar-refractivity contribution in [1.82, 2.24) is 5.32 Å². The van der Waals surface area contributed by atoms with Crippen LogP contribution in [0.2, 0.25) is 5.02 Å². The van der Waals surface area contributed by atoms with Gasteiger partial charge in [-0.05, 0) is 25.5 Å². The second-order valence-corrected chi connectivity index (χ2v) is 4.59. The SMILES string of the molecule is CCOc1c(Cl)cccc1CNCC(C)C. The van der Waals surface area contributed by atoms with Gasteiger partial charge in [0.25, 0.3) is 0 Å². The van der Waals surface area contributed by atoms with Crippen LogP contribution in [0.4, 0.5) is 0 Å². The maximum atomic E-state index is 6.10. The summed E-state index contributed by atoms with van der Waals surface area (Å²) >= 11 is 6.10. The van der Waals surface area contributed by atoms with E-state index in [4.69, 9.17) is 16.3 Å². The van der Waals surface area contributed by atoms with Crippen molar-refractivity contribution in [3.8, 4) is 5.75 Å². The lowest BCUT2D eigenvalue weighted by atomic mass is 10.2. The van der Waals surface area contributed by atoms with Gasteiger partial charge in [0.05, 0.1) is 11.6 Å². The van der Waals surface area contributed by atoms with E-state index < -0.39 is 0 Å². The van der Waals surface area contributed by atoms with E-state index in [9.17, 15) is 0 Å². The molecule has 0 fully saturated rings. The molecule has 3 heteroatoms. The fraction of sp³-hybridized carbons (Fsp3) is 0.538. The Balaban J connectivity index is 2.66. The molecule has 0 saturated carbocycles. The number of hydrogen-bond donors (Lipinski definition) is 1. The van der Waals surface area contributed by atoms with Crippen molar-refractivity contribution < 1.29 is 4.74 Å². The highest BCUT2D eigenvalue weighted by molar-refractivity contribution is 6.32. The Morgan fingerprint density at radius 1 is 1.38 bits per heavy atom. The molecule has 0 spiro atoms. The quantitative estimate of drug-likeness (QED) is 0.823. The van der Waals surface area contributed by atoms with Crippen LogP contribution < -0.4 is 10.1 Å². The van der Waals surface area contributed by atoms with Crippen LogP contribution in [0.15, 0.2) is 18.2 Å². The van der Waals surface area contributed by atoms with Gasteiger partial charge in [-0.15, -0.1) is 0 Å². The van der Waals surface area contributed by atoms with E-state index in [1.54, 1.807) is 0 Å². The highest BCUT2D eigenvalue weighted by Gasteiger charge is 2.07. The van der Waals surface area contributed by atoms with Gasteiger partial charge in [-0.1, -0.05) is 37.6 Å². The summed E-state index contributed by atoms with van der Waals surface area (Å²) in [5.74, 6) is 1.46. The van der Waals surface area contributed by atoms with Crippen molar-refractivity contribution in [3.63, 3.8) is 0 Å². The van der Waals surface area contributed by atoms with Crippen molar-refractivity contribution in [3.05, 3.63) is 28.8 Å². The number of hydrogen-bond acceptors (Lipinski definition) is 2. The topological polar surface area (TPSA) is 21.3 Å². The molecule has 0 heterocycles. The molecule has 1 N–H and O–H groups in total. The Morgan fingerprint density at radius 2 is 2.12 bits per heavy atom. The summed E-state index contributed by atoms with van der Waals surface area (Å²) in [6, 6.07) is 5.86. The van der Waals surface area contributed by atoms with Gasteiger partial charge >= 0.3 is 0 Å². The number of para-hydroxylation sites is 1. The van der Waals surface area contributed by atoms with Crippen molar-refractivity contribution in [1.29, 1.82) is 0 Å². The van der Waals surface area contributed by atoms with Gasteiger partial charge in [0, 0.05) is 12.1 Å². The minimum atomic E-state index is 0.640. The molecule has 2 nitrogen and oxygen atoms in total. The zero-order chi connectivity index (χ0) is 12.0. The van der Waals surface area contributed by atoms with Gasteiger partial charge in [0.1, 0.15) is 5.75 Å². The van der Waals surface area contributed by atoms with Crippen LogP contribution in [0.3, 0.4) is 0 Å². The summed E-state index contributed by atoms with van der Waals surface area (Å²) in [7, 11) is 0. The minimum absolute atomic E-state index is 0.640. The molecule has 0 bridgehead atoms. The van der Waals surface area contributed by atoms with Crippen LogP contribution in [0.5, 0.6) is 5.75 Å². The molecule has 1 aromatic carbocycles. The van der Waals surface area contributed by atoms with Gasteiger partial charge in [0.2, 0.25) is 0 Å². The lowest BCUT2D eigenvalue weighted by Crippen LogP contribution is -2.19. The second kappa shape index (κ2) is 6.77. The van der Waals surface area contributed by atoms with Crippen LogP contribution in [0.1, 0.15) is 26.3 Å². The van der Waals surface area contributed by atoms with Gasteiger partial charge in [-0.2, -0.15) is 0 Å². The van der Waals surface area contributed by atoms with E-state index in [0.29, 0.717) is 17.5 Å². The molecule has 0 saturated heterocycles. The zero-order valence-electron chi connectivity index (χ0n) is 10.2. The van der Waals surface area contributed by atoms with Crippen molar-refractivity contribution in [2.75, 3.05) is 13.2 Å². The summed E-state index contributed by atoms with van der Waals surface area (Å²) in [6.07, 6.45) is 0. The predicted molar refractivity (Wildman–Crippen MR) is 69.2 cm³/mol. The van der Waals surface area contributed by atoms with Crippen molar-refractivity contribution in [2.24, 2.45) is 5.92 Å². The molecular weight excluding hydrogens is 222 g/mol.